The molecule has 1 saturated heterocycles. The van der Waals surface area contributed by atoms with Crippen LogP contribution in [0.3, 0.4) is 0 Å². The lowest BCUT2D eigenvalue weighted by atomic mass is 10.1. The Hall–Kier alpha value is -1.11. The van der Waals surface area contributed by atoms with Crippen molar-refractivity contribution in [1.82, 2.24) is 4.72 Å². The standard InChI is InChI=1S/C14H22N2O3S/c1-9-7-12(15)8-10(2)14(9)20(17,18)16-11(3)13-5-4-6-19-13/h7-8,11,13,16H,4-6,15H2,1-3H3. The van der Waals surface area contributed by atoms with Crippen LogP contribution < -0.4 is 10.5 Å². The second-order valence-electron chi connectivity index (χ2n) is 5.45. The summed E-state index contributed by atoms with van der Waals surface area (Å²) in [5.41, 5.74) is 7.64. The first-order valence-electron chi connectivity index (χ1n) is 6.82. The van der Waals surface area contributed by atoms with Crippen LogP contribution in [0.15, 0.2) is 17.0 Å². The average Bonchev–Trinajstić information content (AvgIpc) is 2.78. The van der Waals surface area contributed by atoms with Crippen molar-refractivity contribution in [3.8, 4) is 0 Å². The molecular formula is C14H22N2O3S. The van der Waals surface area contributed by atoms with Crippen LogP contribution in [0.4, 0.5) is 5.69 Å². The van der Waals surface area contributed by atoms with Crippen LogP contribution in [0.2, 0.25) is 0 Å². The van der Waals surface area contributed by atoms with Gasteiger partial charge in [0.05, 0.1) is 11.0 Å². The molecule has 2 unspecified atom stereocenters. The summed E-state index contributed by atoms with van der Waals surface area (Å²) >= 11 is 0. The van der Waals surface area contributed by atoms with Gasteiger partial charge in [-0.15, -0.1) is 0 Å². The van der Waals surface area contributed by atoms with Crippen molar-refractivity contribution in [2.45, 2.75) is 50.7 Å². The molecule has 1 aliphatic rings. The topological polar surface area (TPSA) is 81.4 Å². The third kappa shape index (κ3) is 3.13. The van der Waals surface area contributed by atoms with Crippen molar-refractivity contribution in [2.24, 2.45) is 0 Å². The van der Waals surface area contributed by atoms with Gasteiger partial charge in [-0.2, -0.15) is 0 Å². The van der Waals surface area contributed by atoms with Crippen molar-refractivity contribution in [3.05, 3.63) is 23.3 Å². The number of ether oxygens (including phenoxy) is 1. The molecule has 1 heterocycles. The average molecular weight is 298 g/mol. The second-order valence-corrected chi connectivity index (χ2v) is 7.10. The largest absolute Gasteiger partial charge is 0.399 e. The molecule has 0 bridgehead atoms. The molecule has 0 aliphatic carbocycles. The van der Waals surface area contributed by atoms with E-state index >= 15 is 0 Å². The predicted molar refractivity (Wildman–Crippen MR) is 79.1 cm³/mol. The molecule has 0 saturated carbocycles. The Kier molecular flexibility index (Phi) is 4.36. The summed E-state index contributed by atoms with van der Waals surface area (Å²) in [6.45, 7) is 6.06. The van der Waals surface area contributed by atoms with E-state index in [1.165, 1.54) is 0 Å². The van der Waals surface area contributed by atoms with Crippen molar-refractivity contribution in [2.75, 3.05) is 12.3 Å². The number of hydrogen-bond acceptors (Lipinski definition) is 4. The zero-order valence-corrected chi connectivity index (χ0v) is 13.0. The number of hydrogen-bond donors (Lipinski definition) is 2. The summed E-state index contributed by atoms with van der Waals surface area (Å²) in [7, 11) is -3.56. The molecular weight excluding hydrogens is 276 g/mol. The fourth-order valence-electron chi connectivity index (χ4n) is 2.78. The summed E-state index contributed by atoms with van der Waals surface area (Å²) in [4.78, 5) is 0.316. The van der Waals surface area contributed by atoms with E-state index in [0.717, 1.165) is 12.8 Å². The quantitative estimate of drug-likeness (QED) is 0.830. The molecule has 0 amide bonds. The van der Waals surface area contributed by atoms with Gasteiger partial charge >= 0.3 is 0 Å². The van der Waals surface area contributed by atoms with Crippen LogP contribution in [0.25, 0.3) is 0 Å². The number of benzene rings is 1. The summed E-state index contributed by atoms with van der Waals surface area (Å²) in [5, 5.41) is 0. The monoisotopic (exact) mass is 298 g/mol. The van der Waals surface area contributed by atoms with Gasteiger partial charge in [0.25, 0.3) is 0 Å². The van der Waals surface area contributed by atoms with E-state index in [9.17, 15) is 8.42 Å². The highest BCUT2D eigenvalue weighted by Crippen LogP contribution is 2.24. The van der Waals surface area contributed by atoms with Gasteiger partial charge in [0.15, 0.2) is 0 Å². The van der Waals surface area contributed by atoms with Crippen LogP contribution in [-0.2, 0) is 14.8 Å². The summed E-state index contributed by atoms with van der Waals surface area (Å²) in [6.07, 6.45) is 1.83. The van der Waals surface area contributed by atoms with E-state index in [2.05, 4.69) is 4.72 Å². The second kappa shape index (κ2) is 5.71. The Labute approximate surface area is 120 Å². The van der Waals surface area contributed by atoms with Gasteiger partial charge in [-0.25, -0.2) is 13.1 Å². The highest BCUT2D eigenvalue weighted by Gasteiger charge is 2.28. The zero-order chi connectivity index (χ0) is 14.9. The minimum atomic E-state index is -3.56. The van der Waals surface area contributed by atoms with E-state index in [0.29, 0.717) is 28.3 Å². The Morgan fingerprint density at radius 3 is 2.45 bits per heavy atom. The Bertz CT molecular complexity index is 569. The number of anilines is 1. The lowest BCUT2D eigenvalue weighted by molar-refractivity contribution is 0.0902. The Morgan fingerprint density at radius 2 is 1.95 bits per heavy atom. The van der Waals surface area contributed by atoms with Crippen LogP contribution >= 0.6 is 0 Å². The summed E-state index contributed by atoms with van der Waals surface area (Å²) < 4.78 is 33.3. The van der Waals surface area contributed by atoms with Crippen molar-refractivity contribution < 1.29 is 13.2 Å². The molecule has 6 heteroatoms. The summed E-state index contributed by atoms with van der Waals surface area (Å²) in [6, 6.07) is 3.12. The molecule has 2 atom stereocenters. The molecule has 3 N–H and O–H groups in total. The maximum atomic E-state index is 12.5. The van der Waals surface area contributed by atoms with Gasteiger partial charge in [-0.1, -0.05) is 0 Å². The smallest absolute Gasteiger partial charge is 0.241 e. The lowest BCUT2D eigenvalue weighted by Gasteiger charge is -2.21. The number of nitrogens with one attached hydrogen (secondary N) is 1. The molecule has 1 aromatic carbocycles. The molecule has 112 valence electrons. The number of nitrogen functional groups attached to an aromatic ring is 1. The first-order chi connectivity index (χ1) is 9.31. The first kappa shape index (κ1) is 15.3. The molecule has 20 heavy (non-hydrogen) atoms. The zero-order valence-electron chi connectivity index (χ0n) is 12.1. The van der Waals surface area contributed by atoms with Gasteiger partial charge in [0, 0.05) is 18.3 Å². The maximum absolute atomic E-state index is 12.5. The minimum Gasteiger partial charge on any atom is -0.399 e. The highest BCUT2D eigenvalue weighted by molar-refractivity contribution is 7.89. The fourth-order valence-corrected chi connectivity index (χ4v) is 4.51. The fraction of sp³-hybridized carbons (Fsp3) is 0.571. The maximum Gasteiger partial charge on any atom is 0.241 e. The van der Waals surface area contributed by atoms with Crippen LogP contribution in [0.5, 0.6) is 0 Å². The molecule has 0 radical (unpaired) electrons. The SMILES string of the molecule is Cc1cc(N)cc(C)c1S(=O)(=O)NC(C)C1CCCO1. The Morgan fingerprint density at radius 1 is 1.35 bits per heavy atom. The van der Waals surface area contributed by atoms with Crippen molar-refractivity contribution in [1.29, 1.82) is 0 Å². The molecule has 0 spiro atoms. The van der Waals surface area contributed by atoms with E-state index < -0.39 is 10.0 Å². The van der Waals surface area contributed by atoms with Gasteiger partial charge in [0.1, 0.15) is 0 Å². The number of nitrogens with two attached hydrogens (primary N) is 1. The van der Waals surface area contributed by atoms with Crippen LogP contribution in [0, 0.1) is 13.8 Å². The van der Waals surface area contributed by atoms with Gasteiger partial charge in [-0.3, -0.25) is 0 Å². The highest BCUT2D eigenvalue weighted by atomic mass is 32.2. The number of aryl methyl sites for hydroxylation is 2. The number of rotatable bonds is 4. The molecule has 0 aromatic heterocycles. The van der Waals surface area contributed by atoms with E-state index in [4.69, 9.17) is 10.5 Å². The van der Waals surface area contributed by atoms with Gasteiger partial charge in [-0.05, 0) is 56.9 Å². The van der Waals surface area contributed by atoms with E-state index in [-0.39, 0.29) is 12.1 Å². The van der Waals surface area contributed by atoms with Gasteiger partial charge in [0.2, 0.25) is 10.0 Å². The minimum absolute atomic E-state index is 0.0424. The third-order valence-corrected chi connectivity index (χ3v) is 5.48. The van der Waals surface area contributed by atoms with Crippen molar-refractivity contribution in [3.63, 3.8) is 0 Å². The predicted octanol–water partition coefficient (Wildman–Crippen LogP) is 1.73. The normalized spacial score (nSPS) is 21.1. The molecule has 1 aromatic rings. The lowest BCUT2D eigenvalue weighted by Crippen LogP contribution is -2.41. The van der Waals surface area contributed by atoms with Gasteiger partial charge < -0.3 is 10.5 Å². The van der Waals surface area contributed by atoms with Crippen LogP contribution in [-0.4, -0.2) is 27.2 Å². The van der Waals surface area contributed by atoms with E-state index in [1.807, 2.05) is 6.92 Å². The van der Waals surface area contributed by atoms with E-state index in [1.54, 1.807) is 26.0 Å². The summed E-state index contributed by atoms with van der Waals surface area (Å²) in [5.74, 6) is 0. The van der Waals surface area contributed by atoms with Crippen LogP contribution in [0.1, 0.15) is 30.9 Å². The molecule has 1 aliphatic heterocycles. The number of sulfonamides is 1. The third-order valence-electron chi connectivity index (χ3n) is 3.62. The molecule has 5 nitrogen and oxygen atoms in total. The Balaban J connectivity index is 2.26. The molecule has 2 rings (SSSR count). The molecule has 1 fully saturated rings. The first-order valence-corrected chi connectivity index (χ1v) is 8.30. The van der Waals surface area contributed by atoms with Crippen molar-refractivity contribution >= 4 is 15.7 Å².